The van der Waals surface area contributed by atoms with Crippen LogP contribution in [0.15, 0.2) is 127 Å². The van der Waals surface area contributed by atoms with E-state index in [9.17, 15) is 29.7 Å². The van der Waals surface area contributed by atoms with Gasteiger partial charge in [0.1, 0.15) is 41.6 Å². The Bertz CT molecular complexity index is 3940. The van der Waals surface area contributed by atoms with Gasteiger partial charge in [0.05, 0.1) is 29.4 Å². The number of benzene rings is 2. The van der Waals surface area contributed by atoms with E-state index in [0.717, 1.165) is 43.2 Å². The van der Waals surface area contributed by atoms with Crippen molar-refractivity contribution in [3.63, 3.8) is 0 Å². The third kappa shape index (κ3) is 9.35. The lowest BCUT2D eigenvalue weighted by Crippen LogP contribution is -2.44. The summed E-state index contributed by atoms with van der Waals surface area (Å²) < 4.78 is 29.2. The van der Waals surface area contributed by atoms with Gasteiger partial charge in [0.15, 0.2) is 34.6 Å². The maximum absolute atomic E-state index is 14.1. The van der Waals surface area contributed by atoms with Crippen molar-refractivity contribution in [2.45, 2.75) is 96.4 Å². The molecule has 1 radical (unpaired) electrons. The number of carbonyl (C=O) groups is 3. The molecule has 12 aliphatic carbocycles. The fourth-order valence-corrected chi connectivity index (χ4v) is 21.8. The average Bonchev–Trinajstić information content (AvgIpc) is 1.54. The number of hydrogen-bond acceptors (Lipinski definition) is 17. The van der Waals surface area contributed by atoms with Gasteiger partial charge in [0.25, 0.3) is 11.8 Å². The molecule has 2 unspecified atom stereocenters. The van der Waals surface area contributed by atoms with Crippen molar-refractivity contribution in [3.8, 4) is 11.8 Å². The van der Waals surface area contributed by atoms with Gasteiger partial charge >= 0.3 is 0 Å². The minimum absolute atomic E-state index is 0.000614. The molecule has 5 aromatic rings. The van der Waals surface area contributed by atoms with Crippen molar-refractivity contribution in [1.29, 1.82) is 0 Å². The van der Waals surface area contributed by atoms with Crippen molar-refractivity contribution in [2.75, 3.05) is 42.3 Å². The van der Waals surface area contributed by atoms with E-state index < -0.39 is 8.80 Å². The molecule has 6 saturated carbocycles. The molecule has 481 valence electrons. The van der Waals surface area contributed by atoms with Gasteiger partial charge in [-0.3, -0.25) is 29.1 Å². The monoisotopic (exact) mass is 1260 g/mol. The number of aryl methyl sites for hydroxylation is 1. The van der Waals surface area contributed by atoms with E-state index in [-0.39, 0.29) is 106 Å². The highest BCUT2D eigenvalue weighted by molar-refractivity contribution is 6.55. The van der Waals surface area contributed by atoms with Crippen LogP contribution in [0.25, 0.3) is 17.3 Å². The molecule has 0 spiro atoms. The summed E-state index contributed by atoms with van der Waals surface area (Å²) >= 11 is 0. The Morgan fingerprint density at radius 3 is 1.37 bits per heavy atom. The summed E-state index contributed by atoms with van der Waals surface area (Å²) in [6, 6.07) is 20.5. The normalized spacial score (nSPS) is 35.0. The smallest absolute Gasteiger partial charge is 0.265 e. The van der Waals surface area contributed by atoms with Crippen LogP contribution < -0.4 is 9.47 Å². The largest absolute Gasteiger partial charge is 0.507 e. The number of allylic oxidation sites excluding steroid dienone is 6. The molecule has 6 bridgehead atoms. The van der Waals surface area contributed by atoms with E-state index >= 15 is 0 Å². The highest BCUT2D eigenvalue weighted by Gasteiger charge is 2.63. The fourth-order valence-electron chi connectivity index (χ4n) is 20.3. The Hall–Kier alpha value is -7.38. The number of nitrogens with zero attached hydrogens (tertiary/aromatic N) is 6. The molecule has 12 aliphatic rings. The lowest BCUT2D eigenvalue weighted by Gasteiger charge is -2.44. The number of hydrogen-bond donors (Lipinski definition) is 3. The van der Waals surface area contributed by atoms with Crippen LogP contribution in [0.3, 0.4) is 0 Å². The van der Waals surface area contributed by atoms with E-state index in [4.69, 9.17) is 23.0 Å². The second kappa shape index (κ2) is 23.3. The third-order valence-corrected chi connectivity index (χ3v) is 25.0. The molecule has 6 fully saturated rings. The van der Waals surface area contributed by atoms with Crippen LogP contribution in [0.4, 0.5) is 0 Å². The Morgan fingerprint density at radius 2 is 0.902 bits per heavy atom. The minimum atomic E-state index is -0.392. The molecular formula is C74H85N6O11Si. The quantitative estimate of drug-likeness (QED) is 0.0781. The van der Waals surface area contributed by atoms with Gasteiger partial charge in [-0.2, -0.15) is 0 Å². The van der Waals surface area contributed by atoms with Crippen LogP contribution in [-0.2, 0) is 27.6 Å². The predicted molar refractivity (Wildman–Crippen MR) is 347 cm³/mol. The SMILES string of the molecule is CCC1[C@H]2C=C[C@@H]1[C@@H]1C[C@@H]3C(=C(O)c4c(OCc5ccccc5)noc4[C@@H]3N(C)C)C(=O)[C@@H]12.CN(C)[C@H]1c2onc(OCc3ccccc3)c2C(O)=C2C(=O)[C@H]3[C@@H](C[C@H]21)[C@H]1C=C[C@@H]3C1C[Si](C)C.Cc1noc2c1C(O)=C1C(=O)[C@H]3[C@@H](C[C@H]1[C@H]2N(C)C)[C@H]1C=C[C@@H]3C1. The highest BCUT2D eigenvalue weighted by Crippen LogP contribution is 2.66. The van der Waals surface area contributed by atoms with Crippen LogP contribution in [0.2, 0.25) is 19.1 Å². The van der Waals surface area contributed by atoms with E-state index in [1.54, 1.807) is 0 Å². The number of fused-ring (bicyclic) bond motifs is 21. The second-order valence-electron chi connectivity index (χ2n) is 29.4. The van der Waals surface area contributed by atoms with E-state index in [0.29, 0.717) is 129 Å². The van der Waals surface area contributed by atoms with Gasteiger partial charge < -0.3 is 38.4 Å². The van der Waals surface area contributed by atoms with Crippen LogP contribution in [-0.4, -0.2) is 114 Å². The molecular weight excluding hydrogens is 1180 g/mol. The number of rotatable bonds is 12. The Balaban J connectivity index is 0.000000116. The number of Topliss-reactive ketones (excluding diaryl/α,β-unsaturated/α-hetero) is 3. The summed E-state index contributed by atoms with van der Waals surface area (Å²) in [5.74, 6) is 7.25. The molecule has 0 saturated heterocycles. The number of ether oxygens (including phenoxy) is 2. The first kappa shape index (κ1) is 60.8. The van der Waals surface area contributed by atoms with Gasteiger partial charge in [-0.1, -0.05) is 135 Å². The molecule has 17 rings (SSSR count). The van der Waals surface area contributed by atoms with E-state index in [1.807, 2.05) is 110 Å². The molecule has 2 aromatic carbocycles. The highest BCUT2D eigenvalue weighted by atomic mass is 28.3. The molecule has 20 atom stereocenters. The number of aliphatic hydroxyl groups excluding tert-OH is 3. The summed E-state index contributed by atoms with van der Waals surface area (Å²) in [5.41, 5.74) is 5.89. The topological polar surface area (TPSA) is 218 Å². The zero-order valence-corrected chi connectivity index (χ0v) is 55.2. The average molecular weight is 1260 g/mol. The van der Waals surface area contributed by atoms with Crippen LogP contribution in [0, 0.1) is 108 Å². The first-order valence-electron chi connectivity index (χ1n) is 33.4. The van der Waals surface area contributed by atoms with Gasteiger partial charge in [-0.25, -0.2) is 0 Å². The number of carbonyl (C=O) groups excluding carboxylic acids is 3. The molecule has 3 N–H and O–H groups in total. The standard InChI is InChI=1S/C28H33N2O4Si.C27H30N2O4.C19H22N2O3/c1-30(2)24-19-12-18-16-10-11-17(20(16)14-35(3)4)21(18)25(31)22(19)26(32)23-27(24)34-29-28(23)33-13-15-8-6-5-7-9-15;1-4-15-16-10-11-17(15)20-18(16)12-19-21(24(20)30)25(31)22-26(23(19)29(2)3)33-28-27(22)32-13-14-8-6-5-7-9-14;1-8-13-17(22)15-12(16(21(2)3)19(13)24-20-8)7-11-9-4-5-10(6-9)14(11)18(15)23/h5-11,16-21,24,32H,12-14H2,1-4H3;5-11,15-20,23,31H,4,12-13H2,1-3H3;4-5,9-12,14,16,22H,6-7H2,1-3H3/t16-,17-,18+,19-,20?,21-,24-;15?,16-,17+,18-,19+,20+,23+;9-,10+,11-,12+,14+,16+/m100/s1. The van der Waals surface area contributed by atoms with Crippen molar-refractivity contribution in [3.05, 3.63) is 165 Å². The van der Waals surface area contributed by atoms with Crippen LogP contribution >= 0.6 is 0 Å². The minimum Gasteiger partial charge on any atom is -0.507 e. The van der Waals surface area contributed by atoms with Crippen LogP contribution in [0.1, 0.15) is 108 Å². The Kier molecular flexibility index (Phi) is 15.4. The van der Waals surface area contributed by atoms with E-state index in [2.05, 4.69) is 86.6 Å². The van der Waals surface area contributed by atoms with Crippen molar-refractivity contribution >= 4 is 43.4 Å². The van der Waals surface area contributed by atoms with Gasteiger partial charge in [0.2, 0.25) is 0 Å². The number of ketones is 3. The summed E-state index contributed by atoms with van der Waals surface area (Å²) in [6.45, 7) is 9.40. The number of aliphatic hydroxyl groups is 3. The fraction of sp³-hybridized carbons (Fsp3) is 0.514. The van der Waals surface area contributed by atoms with E-state index in [1.165, 1.54) is 6.04 Å². The van der Waals surface area contributed by atoms with Gasteiger partial charge in [-0.15, -0.1) is 0 Å². The van der Waals surface area contributed by atoms with Crippen molar-refractivity contribution < 1.29 is 52.7 Å². The zero-order chi connectivity index (χ0) is 64.0. The molecule has 0 aliphatic heterocycles. The molecule has 17 nitrogen and oxygen atoms in total. The summed E-state index contributed by atoms with van der Waals surface area (Å²) in [5, 5.41) is 46.3. The lowest BCUT2D eigenvalue weighted by atomic mass is 9.62. The van der Waals surface area contributed by atoms with Crippen molar-refractivity contribution in [1.82, 2.24) is 30.2 Å². The summed E-state index contributed by atoms with van der Waals surface area (Å²) in [4.78, 5) is 47.6. The second-order valence-corrected chi connectivity index (χ2v) is 32.2. The predicted octanol–water partition coefficient (Wildman–Crippen LogP) is 12.8. The number of aromatic nitrogens is 3. The maximum atomic E-state index is 14.1. The summed E-state index contributed by atoms with van der Waals surface area (Å²) in [6.07, 6.45) is 18.6. The van der Waals surface area contributed by atoms with Gasteiger partial charge in [-0.05, 0) is 161 Å². The molecule has 3 aromatic heterocycles. The first-order chi connectivity index (χ1) is 44.4. The van der Waals surface area contributed by atoms with Crippen molar-refractivity contribution in [2.24, 2.45) is 101 Å². The first-order valence-corrected chi connectivity index (χ1v) is 36.1. The Labute approximate surface area is 539 Å². The Morgan fingerprint density at radius 1 is 0.500 bits per heavy atom. The van der Waals surface area contributed by atoms with Gasteiger partial charge in [0, 0.05) is 61.0 Å². The van der Waals surface area contributed by atoms with Crippen LogP contribution in [0.5, 0.6) is 11.8 Å². The maximum Gasteiger partial charge on any atom is 0.265 e. The molecule has 92 heavy (non-hydrogen) atoms. The molecule has 3 heterocycles. The molecule has 18 heteroatoms. The lowest BCUT2D eigenvalue weighted by molar-refractivity contribution is -0.125. The third-order valence-electron chi connectivity index (χ3n) is 23.8. The molecule has 0 amide bonds. The zero-order valence-electron chi connectivity index (χ0n) is 54.2. The summed E-state index contributed by atoms with van der Waals surface area (Å²) in [7, 11) is 11.6.